The molecule has 6 heteroatoms. The molecule has 186 valence electrons. The molecule has 1 heterocycles. The van der Waals surface area contributed by atoms with Gasteiger partial charge in [-0.1, -0.05) is 36.4 Å². The Bertz CT molecular complexity index is 1190. The minimum Gasteiger partial charge on any atom is -0.491 e. The van der Waals surface area contributed by atoms with Gasteiger partial charge < -0.3 is 21.5 Å². The zero-order valence-corrected chi connectivity index (χ0v) is 22.3. The maximum absolute atomic E-state index is 6.82. The third-order valence-corrected chi connectivity index (χ3v) is 7.81. The van der Waals surface area contributed by atoms with Crippen LogP contribution in [0.1, 0.15) is 54.5 Å². The first-order valence-electron chi connectivity index (χ1n) is 12.3. The molecule has 0 saturated heterocycles. The van der Waals surface area contributed by atoms with Crippen LogP contribution in [0.2, 0.25) is 0 Å². The van der Waals surface area contributed by atoms with Crippen LogP contribution in [-0.2, 0) is 6.54 Å². The van der Waals surface area contributed by atoms with Crippen LogP contribution in [-0.4, -0.2) is 29.5 Å². The SMILES string of the molecule is CCNc1ccc(C(c2ccc(C)c(CN3CCOc4ccccc4S3)c2)C(C)(C)N)c(C)c1N. The second-order valence-electron chi connectivity index (χ2n) is 9.96. The first-order chi connectivity index (χ1) is 16.7. The number of ether oxygens (including phenoxy) is 1. The number of para-hydroxylation sites is 1. The van der Waals surface area contributed by atoms with Crippen molar-refractivity contribution in [3.63, 3.8) is 0 Å². The van der Waals surface area contributed by atoms with Crippen molar-refractivity contribution in [2.75, 3.05) is 30.7 Å². The third kappa shape index (κ3) is 5.61. The Labute approximate surface area is 214 Å². The van der Waals surface area contributed by atoms with Crippen LogP contribution < -0.4 is 21.5 Å². The molecule has 4 rings (SSSR count). The topological polar surface area (TPSA) is 76.5 Å². The van der Waals surface area contributed by atoms with Gasteiger partial charge in [-0.05, 0) is 92.6 Å². The maximum atomic E-state index is 6.82. The van der Waals surface area contributed by atoms with E-state index in [-0.39, 0.29) is 5.92 Å². The van der Waals surface area contributed by atoms with Gasteiger partial charge in [-0.25, -0.2) is 4.31 Å². The number of benzene rings is 3. The van der Waals surface area contributed by atoms with Crippen LogP contribution in [0.5, 0.6) is 5.75 Å². The highest BCUT2D eigenvalue weighted by Gasteiger charge is 2.31. The predicted octanol–water partition coefficient (Wildman–Crippen LogP) is 6.09. The summed E-state index contributed by atoms with van der Waals surface area (Å²) in [7, 11) is 0. The van der Waals surface area contributed by atoms with E-state index in [2.05, 4.69) is 86.7 Å². The highest BCUT2D eigenvalue weighted by Crippen LogP contribution is 2.40. The fraction of sp³-hybridized carbons (Fsp3) is 0.379. The molecule has 5 nitrogen and oxygen atoms in total. The monoisotopic (exact) mass is 490 g/mol. The molecule has 0 saturated carbocycles. The summed E-state index contributed by atoms with van der Waals surface area (Å²) in [6, 6.07) is 19.3. The summed E-state index contributed by atoms with van der Waals surface area (Å²) in [5, 5.41) is 3.36. The molecular weight excluding hydrogens is 452 g/mol. The van der Waals surface area contributed by atoms with Gasteiger partial charge in [0.2, 0.25) is 0 Å². The van der Waals surface area contributed by atoms with Gasteiger partial charge in [-0.3, -0.25) is 0 Å². The maximum Gasteiger partial charge on any atom is 0.134 e. The van der Waals surface area contributed by atoms with Crippen LogP contribution in [0.15, 0.2) is 59.5 Å². The minimum absolute atomic E-state index is 0.0145. The van der Waals surface area contributed by atoms with Gasteiger partial charge in [0.15, 0.2) is 0 Å². The molecule has 1 atom stereocenters. The second-order valence-corrected chi connectivity index (χ2v) is 11.1. The van der Waals surface area contributed by atoms with Crippen molar-refractivity contribution in [3.8, 4) is 5.75 Å². The lowest BCUT2D eigenvalue weighted by molar-refractivity contribution is 0.283. The first-order valence-corrected chi connectivity index (χ1v) is 13.1. The van der Waals surface area contributed by atoms with Gasteiger partial charge in [-0.2, -0.15) is 0 Å². The molecular formula is C29H38N4OS. The smallest absolute Gasteiger partial charge is 0.134 e. The van der Waals surface area contributed by atoms with Gasteiger partial charge in [0, 0.05) is 31.1 Å². The van der Waals surface area contributed by atoms with E-state index in [0.717, 1.165) is 47.2 Å². The highest BCUT2D eigenvalue weighted by molar-refractivity contribution is 7.97. The molecule has 3 aromatic rings. The van der Waals surface area contributed by atoms with Crippen molar-refractivity contribution in [2.24, 2.45) is 5.73 Å². The summed E-state index contributed by atoms with van der Waals surface area (Å²) in [5.41, 5.74) is 20.7. The van der Waals surface area contributed by atoms with E-state index in [0.29, 0.717) is 6.61 Å². The summed E-state index contributed by atoms with van der Waals surface area (Å²) in [6.07, 6.45) is 0. The van der Waals surface area contributed by atoms with Crippen LogP contribution in [0.4, 0.5) is 11.4 Å². The summed E-state index contributed by atoms with van der Waals surface area (Å²) in [4.78, 5) is 1.16. The van der Waals surface area contributed by atoms with Crippen molar-refractivity contribution in [3.05, 3.63) is 82.4 Å². The van der Waals surface area contributed by atoms with Crippen molar-refractivity contribution >= 4 is 23.3 Å². The number of fused-ring (bicyclic) bond motifs is 1. The number of hydrogen-bond acceptors (Lipinski definition) is 6. The number of rotatable bonds is 7. The Morgan fingerprint density at radius 2 is 1.89 bits per heavy atom. The van der Waals surface area contributed by atoms with Crippen LogP contribution in [0.3, 0.4) is 0 Å². The molecule has 5 N–H and O–H groups in total. The van der Waals surface area contributed by atoms with E-state index < -0.39 is 5.54 Å². The Hall–Kier alpha value is -2.67. The predicted molar refractivity (Wildman–Crippen MR) is 149 cm³/mol. The summed E-state index contributed by atoms with van der Waals surface area (Å²) >= 11 is 1.77. The van der Waals surface area contributed by atoms with E-state index in [1.54, 1.807) is 11.9 Å². The summed E-state index contributed by atoms with van der Waals surface area (Å²) in [5.74, 6) is 0.977. The lowest BCUT2D eigenvalue weighted by Crippen LogP contribution is -2.40. The molecule has 1 unspecified atom stereocenters. The molecule has 0 aliphatic carbocycles. The number of nitrogens with zero attached hydrogens (tertiary/aromatic N) is 1. The molecule has 0 aromatic heterocycles. The number of nitrogens with one attached hydrogen (secondary N) is 1. The molecule has 0 radical (unpaired) electrons. The Morgan fingerprint density at radius 3 is 2.63 bits per heavy atom. The lowest BCUT2D eigenvalue weighted by Gasteiger charge is -2.34. The normalized spacial score (nSPS) is 15.1. The quantitative estimate of drug-likeness (QED) is 0.275. The van der Waals surface area contributed by atoms with E-state index in [1.807, 2.05) is 12.1 Å². The number of anilines is 2. The molecule has 0 spiro atoms. The molecule has 1 aliphatic heterocycles. The Balaban J connectivity index is 1.68. The number of hydrogen-bond donors (Lipinski definition) is 3. The fourth-order valence-corrected chi connectivity index (χ4v) is 5.85. The van der Waals surface area contributed by atoms with Gasteiger partial charge in [0.25, 0.3) is 0 Å². The van der Waals surface area contributed by atoms with Gasteiger partial charge in [0.05, 0.1) is 16.3 Å². The summed E-state index contributed by atoms with van der Waals surface area (Å²) in [6.45, 7) is 13.8. The Morgan fingerprint density at radius 1 is 1.11 bits per heavy atom. The van der Waals surface area contributed by atoms with Crippen molar-refractivity contribution in [1.82, 2.24) is 4.31 Å². The van der Waals surface area contributed by atoms with Crippen LogP contribution in [0.25, 0.3) is 0 Å². The van der Waals surface area contributed by atoms with Gasteiger partial charge in [-0.15, -0.1) is 0 Å². The van der Waals surface area contributed by atoms with Crippen LogP contribution in [0, 0.1) is 13.8 Å². The average molecular weight is 491 g/mol. The largest absolute Gasteiger partial charge is 0.491 e. The van der Waals surface area contributed by atoms with Crippen LogP contribution >= 0.6 is 11.9 Å². The highest BCUT2D eigenvalue weighted by atomic mass is 32.2. The first kappa shape index (κ1) is 25.4. The molecule has 0 bridgehead atoms. The van der Waals surface area contributed by atoms with Crippen molar-refractivity contribution in [2.45, 2.75) is 57.5 Å². The van der Waals surface area contributed by atoms with Gasteiger partial charge >= 0.3 is 0 Å². The van der Waals surface area contributed by atoms with Crippen molar-refractivity contribution in [1.29, 1.82) is 0 Å². The molecule has 1 aliphatic rings. The summed E-state index contributed by atoms with van der Waals surface area (Å²) < 4.78 is 8.35. The molecule has 0 fully saturated rings. The number of nitrogen functional groups attached to an aromatic ring is 1. The molecule has 0 amide bonds. The van der Waals surface area contributed by atoms with E-state index in [9.17, 15) is 0 Å². The Kier molecular flexibility index (Phi) is 7.64. The van der Waals surface area contributed by atoms with Crippen molar-refractivity contribution < 1.29 is 4.74 Å². The second kappa shape index (κ2) is 10.5. The number of nitrogens with two attached hydrogens (primary N) is 2. The minimum atomic E-state index is -0.465. The van der Waals surface area contributed by atoms with E-state index >= 15 is 0 Å². The molecule has 35 heavy (non-hydrogen) atoms. The van der Waals surface area contributed by atoms with E-state index in [4.69, 9.17) is 16.2 Å². The molecule has 3 aromatic carbocycles. The third-order valence-electron chi connectivity index (χ3n) is 6.71. The average Bonchev–Trinajstić information content (AvgIpc) is 3.01. The zero-order valence-electron chi connectivity index (χ0n) is 21.5. The van der Waals surface area contributed by atoms with Gasteiger partial charge in [0.1, 0.15) is 12.4 Å². The lowest BCUT2D eigenvalue weighted by atomic mass is 9.75. The standard InChI is InChI=1S/C29H38N4OS/c1-6-32-24-14-13-23(20(3)28(24)30)27(29(4,5)31)21-12-11-19(2)22(17-21)18-33-15-16-34-25-9-7-8-10-26(25)35-33/h7-14,17,27,32H,6,15-16,18,30-31H2,1-5H3. The number of aryl methyl sites for hydroxylation is 1. The van der Waals surface area contributed by atoms with E-state index in [1.165, 1.54) is 22.3 Å². The fourth-order valence-electron chi connectivity index (χ4n) is 4.84. The zero-order chi connectivity index (χ0) is 25.2.